The van der Waals surface area contributed by atoms with E-state index in [1.165, 1.54) is 30.3 Å². The van der Waals surface area contributed by atoms with E-state index in [0.29, 0.717) is 23.5 Å². The molecule has 0 radical (unpaired) electrons. The number of fused-ring (bicyclic) bond motifs is 1. The largest absolute Gasteiger partial charge is 0.490 e. The van der Waals surface area contributed by atoms with Gasteiger partial charge in [-0.25, -0.2) is 9.18 Å². The first-order valence-corrected chi connectivity index (χ1v) is 10.5. The minimum Gasteiger partial charge on any atom is -0.490 e. The summed E-state index contributed by atoms with van der Waals surface area (Å²) in [6.45, 7) is 3.93. The quantitative estimate of drug-likeness (QED) is 0.287. The number of nitriles is 1. The van der Waals surface area contributed by atoms with Crippen LogP contribution in [0.5, 0.6) is 17.2 Å². The van der Waals surface area contributed by atoms with Crippen molar-refractivity contribution in [3.63, 3.8) is 0 Å². The summed E-state index contributed by atoms with van der Waals surface area (Å²) in [5, 5.41) is 9.80. The summed E-state index contributed by atoms with van der Waals surface area (Å²) in [6, 6.07) is 17.3. The Balaban J connectivity index is 1.64. The molecular weight excluding hydrogens is 459 g/mol. The van der Waals surface area contributed by atoms with Gasteiger partial charge in [0, 0.05) is 22.2 Å². The zero-order chi connectivity index (χ0) is 24.2. The predicted molar refractivity (Wildman–Crippen MR) is 124 cm³/mol. The standard InChI is InChI=1S/C26H18ClFN2O4/c1-2-12-32-16-8-6-15(7-9-16)26(31)33-17-10-11-18-22(13-17)34-25(30)19(14-29)23(18)24-20(27)4-3-5-21(24)28/h2-11,13,23H,1,12,30H2. The van der Waals surface area contributed by atoms with Crippen LogP contribution in [0.3, 0.4) is 0 Å². The smallest absolute Gasteiger partial charge is 0.343 e. The molecule has 1 aliphatic rings. The fourth-order valence-corrected chi connectivity index (χ4v) is 3.86. The zero-order valence-electron chi connectivity index (χ0n) is 17.8. The molecule has 170 valence electrons. The summed E-state index contributed by atoms with van der Waals surface area (Å²) < 4.78 is 31.2. The number of hydrogen-bond donors (Lipinski definition) is 1. The van der Waals surface area contributed by atoms with Gasteiger partial charge >= 0.3 is 5.97 Å². The van der Waals surface area contributed by atoms with Crippen LogP contribution in [0.2, 0.25) is 5.02 Å². The maximum atomic E-state index is 14.7. The number of nitrogens with two attached hydrogens (primary N) is 1. The number of rotatable bonds is 6. The van der Waals surface area contributed by atoms with Crippen molar-refractivity contribution in [3.05, 3.63) is 112 Å². The van der Waals surface area contributed by atoms with Crippen LogP contribution in [-0.2, 0) is 0 Å². The van der Waals surface area contributed by atoms with Crippen LogP contribution in [0, 0.1) is 17.1 Å². The van der Waals surface area contributed by atoms with E-state index in [-0.39, 0.29) is 33.5 Å². The van der Waals surface area contributed by atoms with E-state index in [9.17, 15) is 14.4 Å². The van der Waals surface area contributed by atoms with Gasteiger partial charge < -0.3 is 19.9 Å². The van der Waals surface area contributed by atoms with Gasteiger partial charge in [0.15, 0.2) is 0 Å². The molecule has 34 heavy (non-hydrogen) atoms. The maximum Gasteiger partial charge on any atom is 0.343 e. The Kier molecular flexibility index (Phi) is 6.53. The predicted octanol–water partition coefficient (Wildman–Crippen LogP) is 5.48. The van der Waals surface area contributed by atoms with Gasteiger partial charge in [0.2, 0.25) is 5.88 Å². The van der Waals surface area contributed by atoms with E-state index in [1.807, 2.05) is 6.07 Å². The molecule has 4 rings (SSSR count). The van der Waals surface area contributed by atoms with Crippen LogP contribution < -0.4 is 19.9 Å². The summed E-state index contributed by atoms with van der Waals surface area (Å²) in [7, 11) is 0. The topological polar surface area (TPSA) is 94.6 Å². The number of benzene rings is 3. The number of halogens is 2. The van der Waals surface area contributed by atoms with Crippen LogP contribution in [0.25, 0.3) is 0 Å². The molecular formula is C26H18ClFN2O4. The van der Waals surface area contributed by atoms with Crippen molar-refractivity contribution < 1.29 is 23.4 Å². The van der Waals surface area contributed by atoms with E-state index >= 15 is 0 Å². The van der Waals surface area contributed by atoms with Crippen LogP contribution in [0.4, 0.5) is 4.39 Å². The summed E-state index contributed by atoms with van der Waals surface area (Å²) in [5.41, 5.74) is 6.88. The van der Waals surface area contributed by atoms with Crippen LogP contribution in [-0.4, -0.2) is 12.6 Å². The summed E-state index contributed by atoms with van der Waals surface area (Å²) in [4.78, 5) is 12.6. The first-order valence-electron chi connectivity index (χ1n) is 10.1. The highest BCUT2D eigenvalue weighted by Crippen LogP contribution is 2.46. The monoisotopic (exact) mass is 476 g/mol. The lowest BCUT2D eigenvalue weighted by molar-refractivity contribution is 0.0734. The highest BCUT2D eigenvalue weighted by Gasteiger charge is 2.34. The Labute approximate surface area is 200 Å². The Bertz CT molecular complexity index is 1330. The number of allylic oxidation sites excluding steroid dienone is 1. The number of ether oxygens (including phenoxy) is 3. The average Bonchev–Trinajstić information content (AvgIpc) is 2.82. The molecule has 3 aromatic carbocycles. The lowest BCUT2D eigenvalue weighted by atomic mass is 9.83. The van der Waals surface area contributed by atoms with Gasteiger partial charge in [-0.15, -0.1) is 0 Å². The van der Waals surface area contributed by atoms with Gasteiger partial charge in [-0.3, -0.25) is 0 Å². The Hall–Kier alpha value is -4.28. The number of nitrogens with zero attached hydrogens (tertiary/aromatic N) is 1. The third kappa shape index (κ3) is 4.45. The number of hydrogen-bond acceptors (Lipinski definition) is 6. The van der Waals surface area contributed by atoms with Crippen molar-refractivity contribution in [2.24, 2.45) is 5.73 Å². The lowest BCUT2D eigenvalue weighted by Gasteiger charge is -2.27. The molecule has 3 aromatic rings. The van der Waals surface area contributed by atoms with E-state index in [0.717, 1.165) is 0 Å². The molecule has 0 bridgehead atoms. The second-order valence-corrected chi connectivity index (χ2v) is 7.68. The summed E-state index contributed by atoms with van der Waals surface area (Å²) in [6.07, 6.45) is 1.62. The fourth-order valence-electron chi connectivity index (χ4n) is 3.59. The minimum absolute atomic E-state index is 0.0306. The van der Waals surface area contributed by atoms with Gasteiger partial charge in [0.1, 0.15) is 41.3 Å². The van der Waals surface area contributed by atoms with Crippen molar-refractivity contribution in [2.45, 2.75) is 5.92 Å². The zero-order valence-corrected chi connectivity index (χ0v) is 18.5. The number of esters is 1. The van der Waals surface area contributed by atoms with Gasteiger partial charge in [0.05, 0.1) is 11.5 Å². The van der Waals surface area contributed by atoms with Crippen molar-refractivity contribution in [1.29, 1.82) is 5.26 Å². The third-order valence-corrected chi connectivity index (χ3v) is 5.48. The van der Waals surface area contributed by atoms with Gasteiger partial charge in [-0.2, -0.15) is 5.26 Å². The highest BCUT2D eigenvalue weighted by molar-refractivity contribution is 6.31. The second-order valence-electron chi connectivity index (χ2n) is 7.27. The average molecular weight is 477 g/mol. The maximum absolute atomic E-state index is 14.7. The molecule has 6 nitrogen and oxygen atoms in total. The molecule has 8 heteroatoms. The van der Waals surface area contributed by atoms with Gasteiger partial charge in [-0.05, 0) is 42.5 Å². The SMILES string of the molecule is C=CCOc1ccc(C(=O)Oc2ccc3c(c2)OC(N)=C(C#N)C3c2c(F)cccc2Cl)cc1. The second kappa shape index (κ2) is 9.69. The van der Waals surface area contributed by atoms with Crippen LogP contribution in [0.15, 0.2) is 84.8 Å². The molecule has 1 unspecified atom stereocenters. The number of carbonyl (C=O) groups is 1. The Morgan fingerprint density at radius 2 is 1.94 bits per heavy atom. The first-order chi connectivity index (χ1) is 16.4. The minimum atomic E-state index is -0.879. The molecule has 1 atom stereocenters. The molecule has 1 heterocycles. The molecule has 0 saturated heterocycles. The van der Waals surface area contributed by atoms with Gasteiger partial charge in [0.25, 0.3) is 0 Å². The summed E-state index contributed by atoms with van der Waals surface area (Å²) >= 11 is 6.27. The van der Waals surface area contributed by atoms with Crippen molar-refractivity contribution >= 4 is 17.6 Å². The van der Waals surface area contributed by atoms with E-state index in [4.69, 9.17) is 31.5 Å². The first kappa shape index (κ1) is 22.9. The Morgan fingerprint density at radius 3 is 2.62 bits per heavy atom. The lowest BCUT2D eigenvalue weighted by Crippen LogP contribution is -2.22. The normalized spacial score (nSPS) is 14.4. The molecule has 2 N–H and O–H groups in total. The molecule has 1 aliphatic heterocycles. The highest BCUT2D eigenvalue weighted by atomic mass is 35.5. The molecule has 0 aliphatic carbocycles. The molecule has 0 fully saturated rings. The number of carbonyl (C=O) groups excluding carboxylic acids is 1. The van der Waals surface area contributed by atoms with Crippen LogP contribution >= 0.6 is 11.6 Å². The van der Waals surface area contributed by atoms with Crippen molar-refractivity contribution in [3.8, 4) is 23.3 Å². The van der Waals surface area contributed by atoms with E-state index < -0.39 is 17.7 Å². The third-order valence-electron chi connectivity index (χ3n) is 5.15. The van der Waals surface area contributed by atoms with Crippen molar-refractivity contribution in [2.75, 3.05) is 6.61 Å². The molecule has 0 saturated carbocycles. The van der Waals surface area contributed by atoms with Crippen LogP contribution in [0.1, 0.15) is 27.4 Å². The van der Waals surface area contributed by atoms with E-state index in [2.05, 4.69) is 6.58 Å². The van der Waals surface area contributed by atoms with E-state index in [1.54, 1.807) is 36.4 Å². The fraction of sp³-hybridized carbons (Fsp3) is 0.0769. The molecule has 0 spiro atoms. The van der Waals surface area contributed by atoms with Crippen molar-refractivity contribution in [1.82, 2.24) is 0 Å². The van der Waals surface area contributed by atoms with Gasteiger partial charge in [-0.1, -0.05) is 36.4 Å². The molecule has 0 amide bonds. The molecule has 0 aromatic heterocycles. The Morgan fingerprint density at radius 1 is 1.21 bits per heavy atom. The summed E-state index contributed by atoms with van der Waals surface area (Å²) in [5.74, 6) is -1.25.